The Balaban J connectivity index is 1.92. The van der Waals surface area contributed by atoms with Crippen molar-refractivity contribution in [2.75, 3.05) is 0 Å². The van der Waals surface area contributed by atoms with Crippen LogP contribution in [0, 0.1) is 13.8 Å². The molecule has 0 spiro atoms. The second-order valence-electron chi connectivity index (χ2n) is 5.11. The zero-order valence-electron chi connectivity index (χ0n) is 10.9. The van der Waals surface area contributed by atoms with E-state index in [9.17, 15) is 0 Å². The minimum atomic E-state index is 0.209. The van der Waals surface area contributed by atoms with E-state index in [1.165, 1.54) is 22.3 Å². The van der Waals surface area contributed by atoms with E-state index < -0.39 is 0 Å². The quantitative estimate of drug-likeness (QED) is 0.716. The van der Waals surface area contributed by atoms with Crippen LogP contribution in [0.1, 0.15) is 34.8 Å². The van der Waals surface area contributed by atoms with Crippen LogP contribution in [0.3, 0.4) is 0 Å². The fourth-order valence-electron chi connectivity index (χ4n) is 2.73. The average molecular weight is 238 g/mol. The van der Waals surface area contributed by atoms with Gasteiger partial charge in [0.1, 0.15) is 11.9 Å². The van der Waals surface area contributed by atoms with Gasteiger partial charge in [0, 0.05) is 0 Å². The highest BCUT2D eigenvalue weighted by molar-refractivity contribution is 5.38. The van der Waals surface area contributed by atoms with E-state index in [0.717, 1.165) is 18.6 Å². The molecule has 0 radical (unpaired) electrons. The van der Waals surface area contributed by atoms with Crippen molar-refractivity contribution in [3.63, 3.8) is 0 Å². The third-order valence-electron chi connectivity index (χ3n) is 3.69. The molecule has 0 N–H and O–H groups in total. The van der Waals surface area contributed by atoms with E-state index in [1.807, 2.05) is 6.07 Å². The number of hydrogen-bond acceptors (Lipinski definition) is 1. The molecule has 0 aromatic heterocycles. The van der Waals surface area contributed by atoms with E-state index in [4.69, 9.17) is 4.74 Å². The molecule has 3 rings (SSSR count). The second-order valence-corrected chi connectivity index (χ2v) is 5.11. The topological polar surface area (TPSA) is 9.23 Å². The maximum Gasteiger partial charge on any atom is 0.124 e. The smallest absolute Gasteiger partial charge is 0.124 e. The molecule has 0 fully saturated rings. The molecule has 1 heterocycles. The predicted octanol–water partition coefficient (Wildman–Crippen LogP) is 4.37. The fraction of sp³-hybridized carbons (Fsp3) is 0.294. The Morgan fingerprint density at radius 1 is 1.06 bits per heavy atom. The number of hydrogen-bond donors (Lipinski definition) is 0. The van der Waals surface area contributed by atoms with Gasteiger partial charge in [0.05, 0.1) is 0 Å². The minimum Gasteiger partial charge on any atom is -0.485 e. The van der Waals surface area contributed by atoms with Gasteiger partial charge < -0.3 is 4.74 Å². The maximum atomic E-state index is 6.14. The zero-order valence-corrected chi connectivity index (χ0v) is 10.9. The first-order valence-electron chi connectivity index (χ1n) is 6.56. The molecule has 1 nitrogen and oxygen atoms in total. The molecule has 0 amide bonds. The Morgan fingerprint density at radius 2 is 1.89 bits per heavy atom. The van der Waals surface area contributed by atoms with Crippen LogP contribution in [0.25, 0.3) is 0 Å². The van der Waals surface area contributed by atoms with Gasteiger partial charge in [0.2, 0.25) is 0 Å². The average Bonchev–Trinajstić information content (AvgIpc) is 2.38. The highest BCUT2D eigenvalue weighted by Gasteiger charge is 2.21. The SMILES string of the molecule is Cc1ccc([C@@H]2CCc3ccccc3O2)c(C)c1. The zero-order chi connectivity index (χ0) is 12.5. The van der Waals surface area contributed by atoms with Gasteiger partial charge in [-0.1, -0.05) is 42.0 Å². The number of aryl methyl sites for hydroxylation is 3. The molecule has 1 atom stereocenters. The van der Waals surface area contributed by atoms with Crippen molar-refractivity contribution in [2.45, 2.75) is 32.8 Å². The summed E-state index contributed by atoms with van der Waals surface area (Å²) in [5, 5.41) is 0. The number of rotatable bonds is 1. The van der Waals surface area contributed by atoms with Crippen LogP contribution in [-0.2, 0) is 6.42 Å². The van der Waals surface area contributed by atoms with Crippen molar-refractivity contribution < 1.29 is 4.74 Å². The maximum absolute atomic E-state index is 6.14. The van der Waals surface area contributed by atoms with E-state index in [1.54, 1.807) is 0 Å². The van der Waals surface area contributed by atoms with Gasteiger partial charge in [-0.2, -0.15) is 0 Å². The number of ether oxygens (including phenoxy) is 1. The standard InChI is InChI=1S/C17H18O/c1-12-7-9-15(13(2)11-12)17-10-8-14-5-3-4-6-16(14)18-17/h3-7,9,11,17H,8,10H2,1-2H3/t17-/m0/s1. The molecule has 1 aliphatic rings. The summed E-state index contributed by atoms with van der Waals surface area (Å²) >= 11 is 0. The lowest BCUT2D eigenvalue weighted by molar-refractivity contribution is 0.176. The van der Waals surface area contributed by atoms with Crippen LogP contribution < -0.4 is 4.74 Å². The molecule has 0 aliphatic carbocycles. The molecule has 2 aromatic carbocycles. The van der Waals surface area contributed by atoms with E-state index in [2.05, 4.69) is 50.2 Å². The van der Waals surface area contributed by atoms with Crippen molar-refractivity contribution in [2.24, 2.45) is 0 Å². The lowest BCUT2D eigenvalue weighted by atomic mass is 9.94. The third-order valence-corrected chi connectivity index (χ3v) is 3.69. The molecule has 0 saturated carbocycles. The first-order valence-corrected chi connectivity index (χ1v) is 6.56. The second kappa shape index (κ2) is 4.49. The van der Waals surface area contributed by atoms with Gasteiger partial charge in [0.15, 0.2) is 0 Å². The summed E-state index contributed by atoms with van der Waals surface area (Å²) in [6.45, 7) is 4.31. The summed E-state index contributed by atoms with van der Waals surface area (Å²) in [7, 11) is 0. The van der Waals surface area contributed by atoms with E-state index in [0.29, 0.717) is 0 Å². The van der Waals surface area contributed by atoms with Gasteiger partial charge in [0.25, 0.3) is 0 Å². The molecule has 18 heavy (non-hydrogen) atoms. The van der Waals surface area contributed by atoms with Gasteiger partial charge in [-0.3, -0.25) is 0 Å². The Labute approximate surface area is 108 Å². The Hall–Kier alpha value is -1.76. The van der Waals surface area contributed by atoms with Crippen LogP contribution in [0.5, 0.6) is 5.75 Å². The normalized spacial score (nSPS) is 18.0. The van der Waals surface area contributed by atoms with Crippen molar-refractivity contribution in [1.82, 2.24) is 0 Å². The van der Waals surface area contributed by atoms with E-state index >= 15 is 0 Å². The van der Waals surface area contributed by atoms with Crippen LogP contribution in [-0.4, -0.2) is 0 Å². The van der Waals surface area contributed by atoms with E-state index in [-0.39, 0.29) is 6.10 Å². The van der Waals surface area contributed by atoms with Gasteiger partial charge >= 0.3 is 0 Å². The highest BCUT2D eigenvalue weighted by atomic mass is 16.5. The highest BCUT2D eigenvalue weighted by Crippen LogP contribution is 2.35. The lowest BCUT2D eigenvalue weighted by Gasteiger charge is -2.27. The molecular formula is C17H18O. The van der Waals surface area contributed by atoms with Gasteiger partial charge in [-0.15, -0.1) is 0 Å². The lowest BCUT2D eigenvalue weighted by Crippen LogP contribution is -2.16. The van der Waals surface area contributed by atoms with Crippen LogP contribution >= 0.6 is 0 Å². The Morgan fingerprint density at radius 3 is 2.72 bits per heavy atom. The first kappa shape index (κ1) is 11.3. The monoisotopic (exact) mass is 238 g/mol. The van der Waals surface area contributed by atoms with Crippen molar-refractivity contribution in [1.29, 1.82) is 0 Å². The molecule has 1 aliphatic heterocycles. The summed E-state index contributed by atoms with van der Waals surface area (Å²) in [6.07, 6.45) is 2.38. The fourth-order valence-corrected chi connectivity index (χ4v) is 2.73. The number of fused-ring (bicyclic) bond motifs is 1. The molecule has 0 saturated heterocycles. The summed E-state index contributed by atoms with van der Waals surface area (Å²) in [6, 6.07) is 15.0. The van der Waals surface area contributed by atoms with Crippen molar-refractivity contribution in [3.8, 4) is 5.75 Å². The van der Waals surface area contributed by atoms with Crippen LogP contribution in [0.4, 0.5) is 0 Å². The minimum absolute atomic E-state index is 0.209. The third kappa shape index (κ3) is 2.01. The largest absolute Gasteiger partial charge is 0.485 e. The van der Waals surface area contributed by atoms with Crippen molar-refractivity contribution in [3.05, 3.63) is 64.7 Å². The van der Waals surface area contributed by atoms with Crippen LogP contribution in [0.15, 0.2) is 42.5 Å². The molecule has 0 unspecified atom stereocenters. The Kier molecular flexibility index (Phi) is 2.83. The van der Waals surface area contributed by atoms with Gasteiger partial charge in [-0.05, 0) is 49.4 Å². The summed E-state index contributed by atoms with van der Waals surface area (Å²) < 4.78 is 6.14. The van der Waals surface area contributed by atoms with Gasteiger partial charge in [-0.25, -0.2) is 0 Å². The molecular weight excluding hydrogens is 220 g/mol. The number of benzene rings is 2. The summed E-state index contributed by atoms with van der Waals surface area (Å²) in [5.41, 5.74) is 5.31. The van der Waals surface area contributed by atoms with Crippen LogP contribution in [0.2, 0.25) is 0 Å². The Bertz CT molecular complexity index is 572. The first-order chi connectivity index (χ1) is 8.74. The summed E-state index contributed by atoms with van der Waals surface area (Å²) in [5.74, 6) is 1.05. The molecule has 2 aromatic rings. The number of para-hydroxylation sites is 1. The molecule has 1 heteroatoms. The molecule has 0 bridgehead atoms. The summed E-state index contributed by atoms with van der Waals surface area (Å²) in [4.78, 5) is 0. The van der Waals surface area contributed by atoms with Crippen molar-refractivity contribution >= 4 is 0 Å². The molecule has 92 valence electrons. The predicted molar refractivity (Wildman–Crippen MR) is 74.0 cm³/mol.